The Bertz CT molecular complexity index is 845. The van der Waals surface area contributed by atoms with Crippen molar-refractivity contribution in [1.29, 1.82) is 0 Å². The Kier molecular flexibility index (Phi) is 5.29. The number of nitrogens with zero attached hydrogens (tertiary/aromatic N) is 5. The Hall–Kier alpha value is -2.93. The van der Waals surface area contributed by atoms with E-state index in [2.05, 4.69) is 54.8 Å². The van der Waals surface area contributed by atoms with E-state index in [0.717, 1.165) is 37.0 Å². The van der Waals surface area contributed by atoms with Crippen LogP contribution < -0.4 is 15.5 Å². The van der Waals surface area contributed by atoms with Crippen LogP contribution in [0.25, 0.3) is 5.69 Å². The second kappa shape index (κ2) is 8.18. The fourth-order valence-corrected chi connectivity index (χ4v) is 3.57. The minimum atomic E-state index is 0.467. The number of hydrogen-bond acceptors (Lipinski definition) is 6. The number of rotatable bonds is 7. The van der Waals surface area contributed by atoms with Crippen LogP contribution in [0.2, 0.25) is 0 Å². The van der Waals surface area contributed by atoms with Gasteiger partial charge in [-0.2, -0.15) is 0 Å². The first-order valence-corrected chi connectivity index (χ1v) is 9.38. The first-order valence-electron chi connectivity index (χ1n) is 9.38. The highest BCUT2D eigenvalue weighted by Crippen LogP contribution is 2.24. The van der Waals surface area contributed by atoms with Crippen molar-refractivity contribution in [2.75, 3.05) is 30.4 Å². The average molecular weight is 363 g/mol. The molecule has 1 fully saturated rings. The van der Waals surface area contributed by atoms with E-state index in [9.17, 15) is 0 Å². The van der Waals surface area contributed by atoms with Gasteiger partial charge in [-0.3, -0.25) is 0 Å². The van der Waals surface area contributed by atoms with E-state index in [1.165, 1.54) is 18.4 Å². The molecule has 140 valence electrons. The molecule has 0 radical (unpaired) electrons. The summed E-state index contributed by atoms with van der Waals surface area (Å²) in [5.74, 6) is 1.86. The molecular weight excluding hydrogens is 338 g/mol. The summed E-state index contributed by atoms with van der Waals surface area (Å²) >= 11 is 0. The van der Waals surface area contributed by atoms with Crippen LogP contribution in [-0.2, 0) is 6.54 Å². The fourth-order valence-electron chi connectivity index (χ4n) is 3.57. The Morgan fingerprint density at radius 2 is 2.07 bits per heavy atom. The second-order valence-corrected chi connectivity index (χ2v) is 6.77. The fraction of sp³-hybridized carbons (Fsp3) is 0.350. The first kappa shape index (κ1) is 17.5. The van der Waals surface area contributed by atoms with Crippen molar-refractivity contribution in [1.82, 2.24) is 24.8 Å². The van der Waals surface area contributed by atoms with E-state index >= 15 is 0 Å². The lowest BCUT2D eigenvalue weighted by Gasteiger charge is -2.26. The van der Waals surface area contributed by atoms with E-state index in [4.69, 9.17) is 0 Å². The average Bonchev–Trinajstić information content (AvgIpc) is 3.41. The molecule has 1 saturated heterocycles. The molecule has 0 amide bonds. The molecule has 7 heteroatoms. The lowest BCUT2D eigenvalue weighted by atomic mass is 10.2. The molecule has 1 aromatic carbocycles. The van der Waals surface area contributed by atoms with Crippen molar-refractivity contribution in [2.24, 2.45) is 0 Å². The van der Waals surface area contributed by atoms with Gasteiger partial charge in [0.15, 0.2) is 0 Å². The normalized spacial score (nSPS) is 16.6. The summed E-state index contributed by atoms with van der Waals surface area (Å²) in [5, 5.41) is 6.69. The standard InChI is InChI=1S/C20H25N7/c1-21-19-11-20(25-14-24-19)27-9-2-3-18(27)13-23-12-16-4-6-17(7-5-16)26-10-8-22-15-26/h4-8,10-11,14-15,18,23H,2-3,9,12-13H2,1H3,(H,21,24,25). The van der Waals surface area contributed by atoms with Crippen LogP contribution in [0.3, 0.4) is 0 Å². The van der Waals surface area contributed by atoms with Crippen LogP contribution in [0.1, 0.15) is 18.4 Å². The molecule has 1 aliphatic heterocycles. The third-order valence-electron chi connectivity index (χ3n) is 5.03. The highest BCUT2D eigenvalue weighted by Gasteiger charge is 2.25. The maximum absolute atomic E-state index is 4.46. The number of anilines is 2. The minimum Gasteiger partial charge on any atom is -0.373 e. The lowest BCUT2D eigenvalue weighted by molar-refractivity contribution is 0.570. The van der Waals surface area contributed by atoms with Crippen molar-refractivity contribution in [3.8, 4) is 5.69 Å². The van der Waals surface area contributed by atoms with Gasteiger partial charge in [-0.1, -0.05) is 12.1 Å². The van der Waals surface area contributed by atoms with Crippen LogP contribution in [0, 0.1) is 0 Å². The van der Waals surface area contributed by atoms with E-state index < -0.39 is 0 Å². The quantitative estimate of drug-likeness (QED) is 0.672. The molecule has 2 N–H and O–H groups in total. The Balaban J connectivity index is 1.33. The van der Waals surface area contributed by atoms with Crippen LogP contribution in [0.4, 0.5) is 11.6 Å². The Labute approximate surface area is 159 Å². The zero-order valence-corrected chi connectivity index (χ0v) is 15.5. The van der Waals surface area contributed by atoms with Gasteiger partial charge in [-0.15, -0.1) is 0 Å². The van der Waals surface area contributed by atoms with Gasteiger partial charge in [0.1, 0.15) is 18.0 Å². The first-order chi connectivity index (χ1) is 13.3. The topological polar surface area (TPSA) is 70.9 Å². The summed E-state index contributed by atoms with van der Waals surface area (Å²) in [7, 11) is 1.88. The monoisotopic (exact) mass is 363 g/mol. The summed E-state index contributed by atoms with van der Waals surface area (Å²) in [4.78, 5) is 15.1. The number of imidazole rings is 1. The van der Waals surface area contributed by atoms with Gasteiger partial charge in [0, 0.05) is 56.9 Å². The van der Waals surface area contributed by atoms with Crippen LogP contribution in [0.15, 0.2) is 55.4 Å². The molecule has 1 aliphatic rings. The predicted molar refractivity (Wildman–Crippen MR) is 107 cm³/mol. The van der Waals surface area contributed by atoms with Gasteiger partial charge in [-0.05, 0) is 30.5 Å². The van der Waals surface area contributed by atoms with E-state index in [0.29, 0.717) is 6.04 Å². The van der Waals surface area contributed by atoms with Gasteiger partial charge in [0.05, 0.1) is 6.33 Å². The van der Waals surface area contributed by atoms with Crippen LogP contribution in [0.5, 0.6) is 0 Å². The molecule has 0 aliphatic carbocycles. The van der Waals surface area contributed by atoms with Crippen LogP contribution >= 0.6 is 0 Å². The maximum atomic E-state index is 4.46. The highest BCUT2D eigenvalue weighted by atomic mass is 15.2. The third-order valence-corrected chi connectivity index (χ3v) is 5.03. The number of benzene rings is 1. The Morgan fingerprint density at radius 1 is 1.19 bits per heavy atom. The van der Waals surface area contributed by atoms with Gasteiger partial charge in [0.2, 0.25) is 0 Å². The molecule has 1 atom stereocenters. The van der Waals surface area contributed by atoms with Crippen molar-refractivity contribution in [3.63, 3.8) is 0 Å². The van der Waals surface area contributed by atoms with Crippen LogP contribution in [-0.4, -0.2) is 45.7 Å². The van der Waals surface area contributed by atoms with E-state index in [1.807, 2.05) is 30.2 Å². The third kappa shape index (κ3) is 4.09. The lowest BCUT2D eigenvalue weighted by Crippen LogP contribution is -2.38. The summed E-state index contributed by atoms with van der Waals surface area (Å²) in [5.41, 5.74) is 2.41. The molecule has 4 rings (SSSR count). The zero-order chi connectivity index (χ0) is 18.5. The minimum absolute atomic E-state index is 0.467. The Morgan fingerprint density at radius 3 is 2.85 bits per heavy atom. The SMILES string of the molecule is CNc1cc(N2CCCC2CNCc2ccc(-n3ccnc3)cc2)ncn1. The van der Waals surface area contributed by atoms with Crippen molar-refractivity contribution in [3.05, 3.63) is 60.9 Å². The van der Waals surface area contributed by atoms with E-state index in [1.54, 1.807) is 12.5 Å². The zero-order valence-electron chi connectivity index (χ0n) is 15.5. The molecule has 27 heavy (non-hydrogen) atoms. The molecule has 3 aromatic rings. The van der Waals surface area contributed by atoms with Gasteiger partial charge < -0.3 is 20.1 Å². The summed E-state index contributed by atoms with van der Waals surface area (Å²) in [6.07, 6.45) is 9.57. The molecule has 2 aromatic heterocycles. The van der Waals surface area contributed by atoms with Crippen molar-refractivity contribution >= 4 is 11.6 Å². The largest absolute Gasteiger partial charge is 0.373 e. The molecule has 0 bridgehead atoms. The van der Waals surface area contributed by atoms with Crippen molar-refractivity contribution in [2.45, 2.75) is 25.4 Å². The maximum Gasteiger partial charge on any atom is 0.134 e. The van der Waals surface area contributed by atoms with E-state index in [-0.39, 0.29) is 0 Å². The molecule has 0 saturated carbocycles. The molecule has 0 spiro atoms. The number of hydrogen-bond donors (Lipinski definition) is 2. The molecule has 1 unspecified atom stereocenters. The highest BCUT2D eigenvalue weighted by molar-refractivity contribution is 5.49. The summed E-state index contributed by atoms with van der Waals surface area (Å²) in [6, 6.07) is 11.1. The molecule has 7 nitrogen and oxygen atoms in total. The number of nitrogens with one attached hydrogen (secondary N) is 2. The summed E-state index contributed by atoms with van der Waals surface area (Å²) in [6.45, 7) is 2.86. The van der Waals surface area contributed by atoms with Crippen molar-refractivity contribution < 1.29 is 0 Å². The molecule has 3 heterocycles. The van der Waals surface area contributed by atoms with Gasteiger partial charge in [0.25, 0.3) is 0 Å². The van der Waals surface area contributed by atoms with Gasteiger partial charge in [-0.25, -0.2) is 15.0 Å². The van der Waals surface area contributed by atoms with Gasteiger partial charge >= 0.3 is 0 Å². The smallest absolute Gasteiger partial charge is 0.134 e. The molecular formula is C20H25N7. The summed E-state index contributed by atoms with van der Waals surface area (Å²) < 4.78 is 2.01. The number of aromatic nitrogens is 4. The second-order valence-electron chi connectivity index (χ2n) is 6.77. The predicted octanol–water partition coefficient (Wildman–Crippen LogP) is 2.46.